The van der Waals surface area contributed by atoms with E-state index in [9.17, 15) is 0 Å². The molecular weight excluding hydrogens is 641 g/mol. The highest BCUT2D eigenvalue weighted by molar-refractivity contribution is 5.96. The Balaban J connectivity index is 1.09. The minimum atomic E-state index is -0.0275. The summed E-state index contributed by atoms with van der Waals surface area (Å²) in [5.74, 6) is 0. The van der Waals surface area contributed by atoms with E-state index in [1.165, 1.54) is 84.1 Å². The Morgan fingerprint density at radius 2 is 1.21 bits per heavy atom. The van der Waals surface area contributed by atoms with E-state index < -0.39 is 0 Å². The Hall–Kier alpha value is -6.12. The van der Waals surface area contributed by atoms with E-state index >= 15 is 0 Å². The number of para-hydroxylation sites is 1. The highest BCUT2D eigenvalue weighted by atomic mass is 15.2. The second kappa shape index (κ2) is 12.5. The largest absolute Gasteiger partial charge is 0.333 e. The molecule has 0 N–H and O–H groups in total. The van der Waals surface area contributed by atoms with Gasteiger partial charge >= 0.3 is 0 Å². The van der Waals surface area contributed by atoms with Crippen LogP contribution in [0, 0.1) is 0 Å². The van der Waals surface area contributed by atoms with Crippen molar-refractivity contribution in [2.75, 3.05) is 9.80 Å². The summed E-state index contributed by atoms with van der Waals surface area (Å²) in [5, 5.41) is 0. The maximum atomic E-state index is 2.58. The highest BCUT2D eigenvalue weighted by Crippen LogP contribution is 2.54. The Kier molecular flexibility index (Phi) is 7.47. The summed E-state index contributed by atoms with van der Waals surface area (Å²) < 4.78 is 0. The van der Waals surface area contributed by atoms with Crippen LogP contribution in [0.15, 0.2) is 187 Å². The summed E-state index contributed by atoms with van der Waals surface area (Å²) in [7, 11) is 0. The zero-order chi connectivity index (χ0) is 35.5. The van der Waals surface area contributed by atoms with Crippen molar-refractivity contribution < 1.29 is 0 Å². The predicted octanol–water partition coefficient (Wildman–Crippen LogP) is 13.4. The standard InChI is InChI=1S/C51H42N2/c1-51(2)47-21-13-12-20-43(47)44-29-27-41(33-48(44)51)52(39-18-10-5-11-19-39)42-28-30-45-46-32-38(36-16-8-4-9-17-36)24-31-49(46)53(50(45)34-42)40-25-22-37(23-26-40)35-14-6-3-7-15-35/h3-11,14-33,50H,12-13,34H2,1-2H3. The summed E-state index contributed by atoms with van der Waals surface area (Å²) in [6.45, 7) is 4.80. The van der Waals surface area contributed by atoms with Gasteiger partial charge < -0.3 is 9.80 Å². The highest BCUT2D eigenvalue weighted by Gasteiger charge is 2.41. The van der Waals surface area contributed by atoms with Gasteiger partial charge in [-0.25, -0.2) is 0 Å². The van der Waals surface area contributed by atoms with E-state index in [2.05, 4.69) is 200 Å². The Bertz CT molecular complexity index is 2480. The van der Waals surface area contributed by atoms with Crippen LogP contribution in [-0.2, 0) is 5.41 Å². The third-order valence-electron chi connectivity index (χ3n) is 11.8. The average Bonchev–Trinajstić information content (AvgIpc) is 3.66. The van der Waals surface area contributed by atoms with Crippen LogP contribution in [0.1, 0.15) is 49.8 Å². The normalized spacial score (nSPS) is 17.8. The molecule has 0 spiro atoms. The number of nitrogens with zero attached hydrogens (tertiary/aromatic N) is 2. The minimum Gasteiger partial charge on any atom is -0.333 e. The molecule has 0 fully saturated rings. The van der Waals surface area contributed by atoms with Gasteiger partial charge in [0.05, 0.1) is 6.04 Å². The molecule has 2 nitrogen and oxygen atoms in total. The molecule has 0 amide bonds. The van der Waals surface area contributed by atoms with E-state index in [0.717, 1.165) is 19.3 Å². The van der Waals surface area contributed by atoms with Crippen LogP contribution < -0.4 is 9.80 Å². The van der Waals surface area contributed by atoms with Crippen molar-refractivity contribution in [3.63, 3.8) is 0 Å². The number of anilines is 4. The Morgan fingerprint density at radius 3 is 1.94 bits per heavy atom. The maximum Gasteiger partial charge on any atom is 0.0653 e. The summed E-state index contributed by atoms with van der Waals surface area (Å²) >= 11 is 0. The summed E-state index contributed by atoms with van der Waals surface area (Å²) in [5.41, 5.74) is 19.5. The second-order valence-electron chi connectivity index (χ2n) is 15.2. The van der Waals surface area contributed by atoms with Crippen LogP contribution in [0.4, 0.5) is 22.7 Å². The number of hydrogen-bond donors (Lipinski definition) is 0. The molecule has 6 aromatic rings. The molecule has 0 radical (unpaired) electrons. The first-order valence-corrected chi connectivity index (χ1v) is 19.0. The zero-order valence-corrected chi connectivity index (χ0v) is 30.3. The van der Waals surface area contributed by atoms with Crippen molar-refractivity contribution in [1.82, 2.24) is 0 Å². The van der Waals surface area contributed by atoms with Gasteiger partial charge in [-0.2, -0.15) is 0 Å². The van der Waals surface area contributed by atoms with Gasteiger partial charge in [-0.3, -0.25) is 0 Å². The van der Waals surface area contributed by atoms with Gasteiger partial charge in [0.1, 0.15) is 0 Å². The molecule has 0 aromatic heterocycles. The smallest absolute Gasteiger partial charge is 0.0653 e. The fourth-order valence-corrected chi connectivity index (χ4v) is 9.21. The van der Waals surface area contributed by atoms with Crippen molar-refractivity contribution in [2.24, 2.45) is 0 Å². The van der Waals surface area contributed by atoms with Crippen LogP contribution in [0.25, 0.3) is 33.4 Å². The SMILES string of the molecule is CC1(C)C2=CCCC=C2c2ccc(N(C3=CC=C4c5cc(-c6ccccc6)ccc5N(c5ccc(-c6ccccc6)cc5)C4C3)c3ccccc3)cc21. The first-order chi connectivity index (χ1) is 26.0. The fourth-order valence-electron chi connectivity index (χ4n) is 9.21. The lowest BCUT2D eigenvalue weighted by Gasteiger charge is -2.36. The van der Waals surface area contributed by atoms with E-state index in [-0.39, 0.29) is 11.5 Å². The van der Waals surface area contributed by atoms with Crippen LogP contribution in [0.3, 0.4) is 0 Å². The molecule has 1 unspecified atom stereocenters. The van der Waals surface area contributed by atoms with Crippen LogP contribution in [-0.4, -0.2) is 6.04 Å². The topological polar surface area (TPSA) is 6.48 Å². The zero-order valence-electron chi connectivity index (χ0n) is 30.3. The van der Waals surface area contributed by atoms with Gasteiger partial charge in [0.25, 0.3) is 0 Å². The molecule has 4 aliphatic rings. The summed E-state index contributed by atoms with van der Waals surface area (Å²) in [6.07, 6.45) is 12.8. The molecule has 1 aliphatic heterocycles. The fraction of sp³-hybridized carbons (Fsp3) is 0.137. The van der Waals surface area contributed by atoms with Gasteiger partial charge in [-0.05, 0) is 118 Å². The van der Waals surface area contributed by atoms with Crippen molar-refractivity contribution in [2.45, 2.75) is 44.6 Å². The van der Waals surface area contributed by atoms with E-state index in [1.54, 1.807) is 0 Å². The first-order valence-electron chi connectivity index (χ1n) is 19.0. The van der Waals surface area contributed by atoms with Gasteiger partial charge in [0, 0.05) is 45.8 Å². The van der Waals surface area contributed by atoms with Gasteiger partial charge in [0.15, 0.2) is 0 Å². The van der Waals surface area contributed by atoms with Gasteiger partial charge in [-0.15, -0.1) is 0 Å². The van der Waals surface area contributed by atoms with Crippen molar-refractivity contribution in [1.29, 1.82) is 0 Å². The van der Waals surface area contributed by atoms with E-state index in [4.69, 9.17) is 0 Å². The molecule has 10 rings (SSSR count). The third kappa shape index (κ3) is 5.24. The monoisotopic (exact) mass is 682 g/mol. The third-order valence-corrected chi connectivity index (χ3v) is 11.8. The lowest BCUT2D eigenvalue weighted by molar-refractivity contribution is 0.654. The molecule has 6 aromatic carbocycles. The molecule has 3 aliphatic carbocycles. The van der Waals surface area contributed by atoms with Gasteiger partial charge in [0.2, 0.25) is 0 Å². The van der Waals surface area contributed by atoms with E-state index in [0.29, 0.717) is 0 Å². The molecule has 0 saturated carbocycles. The molecule has 0 saturated heterocycles. The maximum absolute atomic E-state index is 2.58. The average molecular weight is 683 g/mol. The van der Waals surface area contributed by atoms with Crippen molar-refractivity contribution in [3.05, 3.63) is 204 Å². The van der Waals surface area contributed by atoms with Crippen LogP contribution in [0.2, 0.25) is 0 Å². The molecule has 256 valence electrons. The number of allylic oxidation sites excluding steroid dienone is 6. The molecule has 2 heteroatoms. The number of benzene rings is 6. The predicted molar refractivity (Wildman–Crippen MR) is 224 cm³/mol. The summed E-state index contributed by atoms with van der Waals surface area (Å²) in [6, 6.07) is 55.9. The summed E-state index contributed by atoms with van der Waals surface area (Å²) in [4.78, 5) is 5.08. The Morgan fingerprint density at radius 1 is 0.566 bits per heavy atom. The lowest BCUT2D eigenvalue weighted by Crippen LogP contribution is -2.32. The molecule has 0 bridgehead atoms. The van der Waals surface area contributed by atoms with Gasteiger partial charge in [-0.1, -0.05) is 135 Å². The quantitative estimate of drug-likeness (QED) is 0.173. The molecule has 1 heterocycles. The molecule has 53 heavy (non-hydrogen) atoms. The van der Waals surface area contributed by atoms with Crippen molar-refractivity contribution in [3.8, 4) is 22.3 Å². The van der Waals surface area contributed by atoms with E-state index in [1.807, 2.05) is 0 Å². The first kappa shape index (κ1) is 31.6. The van der Waals surface area contributed by atoms with Crippen LogP contribution >= 0.6 is 0 Å². The number of fused-ring (bicyclic) bond motifs is 6. The number of rotatable bonds is 6. The van der Waals surface area contributed by atoms with Crippen LogP contribution in [0.5, 0.6) is 0 Å². The Labute approximate surface area is 313 Å². The molecular formula is C51H42N2. The molecule has 1 atom stereocenters. The number of hydrogen-bond acceptors (Lipinski definition) is 2. The van der Waals surface area contributed by atoms with Crippen molar-refractivity contribution >= 4 is 33.9 Å². The minimum absolute atomic E-state index is 0.0275. The lowest BCUT2D eigenvalue weighted by atomic mass is 9.80. The second-order valence-corrected chi connectivity index (χ2v) is 15.2.